The fourth-order valence-corrected chi connectivity index (χ4v) is 1.79. The third-order valence-corrected chi connectivity index (χ3v) is 3.00. The van der Waals surface area contributed by atoms with Gasteiger partial charge in [0.2, 0.25) is 0 Å². The van der Waals surface area contributed by atoms with Crippen molar-refractivity contribution in [2.75, 3.05) is 12.4 Å². The van der Waals surface area contributed by atoms with Gasteiger partial charge in [-0.05, 0) is 18.2 Å². The number of H-pyrrole nitrogens is 2. The van der Waals surface area contributed by atoms with E-state index in [1.165, 1.54) is 19.2 Å². The van der Waals surface area contributed by atoms with E-state index in [0.29, 0.717) is 5.56 Å². The van der Waals surface area contributed by atoms with Crippen LogP contribution in [0.3, 0.4) is 0 Å². The highest BCUT2D eigenvalue weighted by Gasteiger charge is 2.10. The van der Waals surface area contributed by atoms with E-state index < -0.39 is 11.7 Å². The van der Waals surface area contributed by atoms with Crippen LogP contribution in [-0.4, -0.2) is 34.2 Å². The Morgan fingerprint density at radius 2 is 2.14 bits per heavy atom. The van der Waals surface area contributed by atoms with Crippen molar-refractivity contribution in [1.82, 2.24) is 25.8 Å². The Labute approximate surface area is 129 Å². The first kappa shape index (κ1) is 15.6. The molecule has 0 aliphatic rings. The molecule has 116 valence electrons. The molecular formula is C12H13ClN6O3. The number of anilines is 1. The number of hydrogen-bond donors (Lipinski definition) is 5. The van der Waals surface area contributed by atoms with Gasteiger partial charge in [0.15, 0.2) is 0 Å². The number of amides is 3. The summed E-state index contributed by atoms with van der Waals surface area (Å²) in [4.78, 5) is 36.6. The highest BCUT2D eigenvalue weighted by Crippen LogP contribution is 2.22. The average molecular weight is 325 g/mol. The van der Waals surface area contributed by atoms with Gasteiger partial charge in [-0.2, -0.15) is 5.10 Å². The third kappa shape index (κ3) is 3.85. The number of aromatic amines is 2. The molecular weight excluding hydrogens is 312 g/mol. The molecule has 3 amide bonds. The van der Waals surface area contributed by atoms with Gasteiger partial charge in [-0.15, -0.1) is 0 Å². The van der Waals surface area contributed by atoms with Gasteiger partial charge in [0.05, 0.1) is 17.3 Å². The maximum absolute atomic E-state index is 11.8. The van der Waals surface area contributed by atoms with E-state index >= 15 is 0 Å². The van der Waals surface area contributed by atoms with Crippen molar-refractivity contribution < 1.29 is 9.59 Å². The number of carbonyl (C=O) groups excluding carboxylic acids is 2. The molecule has 22 heavy (non-hydrogen) atoms. The average Bonchev–Trinajstić information content (AvgIpc) is 2.92. The molecule has 0 saturated carbocycles. The highest BCUT2D eigenvalue weighted by molar-refractivity contribution is 6.33. The summed E-state index contributed by atoms with van der Waals surface area (Å²) in [5.41, 5.74) is 0.188. The van der Waals surface area contributed by atoms with Gasteiger partial charge in [0.25, 0.3) is 5.91 Å². The SMILES string of the molecule is CNC(=O)c1ccc(Cl)c(NC(=O)NCc2n[nH]c(=O)[nH]2)c1. The molecule has 1 aromatic heterocycles. The molecule has 0 radical (unpaired) electrons. The fourth-order valence-electron chi connectivity index (χ4n) is 1.63. The maximum atomic E-state index is 11.8. The Hall–Kier alpha value is -2.81. The molecule has 5 N–H and O–H groups in total. The minimum absolute atomic E-state index is 0.0251. The fraction of sp³-hybridized carbons (Fsp3) is 0.167. The highest BCUT2D eigenvalue weighted by atomic mass is 35.5. The number of hydrogen-bond acceptors (Lipinski definition) is 4. The number of nitrogens with one attached hydrogen (secondary N) is 5. The Balaban J connectivity index is 2.01. The van der Waals surface area contributed by atoms with E-state index in [-0.39, 0.29) is 29.0 Å². The molecule has 10 heteroatoms. The molecule has 0 atom stereocenters. The van der Waals surface area contributed by atoms with Crippen LogP contribution in [0.4, 0.5) is 10.5 Å². The summed E-state index contributed by atoms with van der Waals surface area (Å²) in [6, 6.07) is 3.95. The smallest absolute Gasteiger partial charge is 0.340 e. The van der Waals surface area contributed by atoms with Crippen LogP contribution in [0.1, 0.15) is 16.2 Å². The molecule has 0 spiro atoms. The summed E-state index contributed by atoms with van der Waals surface area (Å²) in [7, 11) is 1.50. The summed E-state index contributed by atoms with van der Waals surface area (Å²) in [5, 5.41) is 13.6. The number of rotatable bonds is 4. The van der Waals surface area contributed by atoms with Crippen molar-refractivity contribution in [3.05, 3.63) is 45.1 Å². The van der Waals surface area contributed by atoms with Gasteiger partial charge in [-0.1, -0.05) is 11.6 Å². The lowest BCUT2D eigenvalue weighted by Crippen LogP contribution is -2.29. The van der Waals surface area contributed by atoms with E-state index in [0.717, 1.165) is 0 Å². The van der Waals surface area contributed by atoms with Crippen LogP contribution >= 0.6 is 11.6 Å². The summed E-state index contributed by atoms with van der Waals surface area (Å²) >= 11 is 5.97. The van der Waals surface area contributed by atoms with Gasteiger partial charge >= 0.3 is 11.7 Å². The molecule has 0 aliphatic carbocycles. The van der Waals surface area contributed by atoms with Crippen LogP contribution in [0.2, 0.25) is 5.02 Å². The number of carbonyl (C=O) groups is 2. The number of aromatic nitrogens is 3. The first-order valence-corrected chi connectivity index (χ1v) is 6.57. The van der Waals surface area contributed by atoms with Crippen molar-refractivity contribution in [1.29, 1.82) is 0 Å². The molecule has 2 rings (SSSR count). The molecule has 0 bridgehead atoms. The minimum Gasteiger partial charge on any atom is -0.355 e. The Morgan fingerprint density at radius 1 is 1.36 bits per heavy atom. The van der Waals surface area contributed by atoms with E-state index in [4.69, 9.17) is 11.6 Å². The molecule has 1 heterocycles. The number of nitrogens with zero attached hydrogens (tertiary/aromatic N) is 1. The number of urea groups is 1. The molecule has 0 unspecified atom stereocenters. The van der Waals surface area contributed by atoms with Crippen LogP contribution in [0.15, 0.2) is 23.0 Å². The summed E-state index contributed by atoms with van der Waals surface area (Å²) in [6.45, 7) is 0.0251. The zero-order valence-corrected chi connectivity index (χ0v) is 12.2. The van der Waals surface area contributed by atoms with E-state index in [1.54, 1.807) is 6.07 Å². The van der Waals surface area contributed by atoms with Crippen LogP contribution in [0.25, 0.3) is 0 Å². The molecule has 2 aromatic rings. The first-order chi connectivity index (χ1) is 10.5. The predicted octanol–water partition coefficient (Wildman–Crippen LogP) is 0.433. The molecule has 0 aliphatic heterocycles. The summed E-state index contributed by atoms with van der Waals surface area (Å²) in [6.07, 6.45) is 0. The lowest BCUT2D eigenvalue weighted by atomic mass is 10.2. The van der Waals surface area contributed by atoms with Crippen molar-refractivity contribution in [2.45, 2.75) is 6.54 Å². The molecule has 9 nitrogen and oxygen atoms in total. The quantitative estimate of drug-likeness (QED) is 0.558. The predicted molar refractivity (Wildman–Crippen MR) is 79.9 cm³/mol. The van der Waals surface area contributed by atoms with E-state index in [2.05, 4.69) is 31.1 Å². The summed E-state index contributed by atoms with van der Waals surface area (Å²) in [5.74, 6) is -0.0143. The van der Waals surface area contributed by atoms with Gasteiger partial charge in [0.1, 0.15) is 5.82 Å². The van der Waals surface area contributed by atoms with Gasteiger partial charge in [-0.3, -0.25) is 9.78 Å². The van der Waals surface area contributed by atoms with Crippen molar-refractivity contribution in [2.24, 2.45) is 0 Å². The lowest BCUT2D eigenvalue weighted by molar-refractivity contribution is 0.0963. The van der Waals surface area contributed by atoms with E-state index in [9.17, 15) is 14.4 Å². The van der Waals surface area contributed by atoms with Crippen molar-refractivity contribution >= 4 is 29.2 Å². The van der Waals surface area contributed by atoms with Crippen LogP contribution < -0.4 is 21.6 Å². The zero-order chi connectivity index (χ0) is 16.1. The van der Waals surface area contributed by atoms with Crippen LogP contribution in [0, 0.1) is 0 Å². The second-order valence-corrected chi connectivity index (χ2v) is 4.61. The second kappa shape index (κ2) is 6.76. The largest absolute Gasteiger partial charge is 0.355 e. The minimum atomic E-state index is -0.556. The van der Waals surface area contributed by atoms with Crippen molar-refractivity contribution in [3.8, 4) is 0 Å². The van der Waals surface area contributed by atoms with Gasteiger partial charge in [-0.25, -0.2) is 14.7 Å². The Kier molecular flexibility index (Phi) is 4.79. The molecule has 0 saturated heterocycles. The monoisotopic (exact) mass is 324 g/mol. The third-order valence-electron chi connectivity index (χ3n) is 2.67. The summed E-state index contributed by atoms with van der Waals surface area (Å²) < 4.78 is 0. The lowest BCUT2D eigenvalue weighted by Gasteiger charge is -2.09. The Bertz CT molecular complexity index is 753. The van der Waals surface area contributed by atoms with Gasteiger partial charge < -0.3 is 16.0 Å². The first-order valence-electron chi connectivity index (χ1n) is 6.19. The number of halogens is 1. The maximum Gasteiger partial charge on any atom is 0.340 e. The standard InChI is InChI=1S/C12H13ClN6O3/c1-14-10(20)6-2-3-7(13)8(4-6)16-11(21)15-5-9-17-12(22)19-18-9/h2-4H,5H2,1H3,(H,14,20)(H2,15,16,21)(H2,17,18,19,22). The molecule has 1 aromatic carbocycles. The number of benzene rings is 1. The molecule has 0 fully saturated rings. The second-order valence-electron chi connectivity index (χ2n) is 4.21. The van der Waals surface area contributed by atoms with Crippen LogP contribution in [-0.2, 0) is 6.54 Å². The topological polar surface area (TPSA) is 132 Å². The van der Waals surface area contributed by atoms with E-state index in [1.807, 2.05) is 0 Å². The van der Waals surface area contributed by atoms with Gasteiger partial charge in [0, 0.05) is 12.6 Å². The van der Waals surface area contributed by atoms with Crippen LogP contribution in [0.5, 0.6) is 0 Å². The zero-order valence-electron chi connectivity index (χ0n) is 11.5. The van der Waals surface area contributed by atoms with Crippen molar-refractivity contribution in [3.63, 3.8) is 0 Å². The Morgan fingerprint density at radius 3 is 2.77 bits per heavy atom. The normalized spacial score (nSPS) is 10.1.